The van der Waals surface area contributed by atoms with Crippen LogP contribution in [0.15, 0.2) is 91.3 Å². The van der Waals surface area contributed by atoms with Crippen molar-refractivity contribution in [2.75, 3.05) is 0 Å². The molecule has 0 saturated carbocycles. The largest absolute Gasteiger partial charge is 0.350 e. The van der Waals surface area contributed by atoms with E-state index in [9.17, 15) is 13.6 Å². The molecular formula is C29H26F2N2O. The first-order valence-electron chi connectivity index (χ1n) is 11.4. The third kappa shape index (κ3) is 5.93. The van der Waals surface area contributed by atoms with Crippen molar-refractivity contribution in [3.05, 3.63) is 114 Å². The highest BCUT2D eigenvalue weighted by Gasteiger charge is 2.15. The summed E-state index contributed by atoms with van der Waals surface area (Å²) in [6.07, 6.45) is 6.32. The number of rotatable bonds is 8. The number of nitrogens with zero attached hydrogens (tertiary/aromatic N) is 1. The van der Waals surface area contributed by atoms with Gasteiger partial charge in [-0.15, -0.1) is 0 Å². The SMILES string of the molecule is CC(CCCc1cccnc1)NC(=O)c1ccc(-c2ccc(F)cc2)c(-c2ccc(F)cc2)c1. The minimum absolute atomic E-state index is 0.00946. The molecule has 3 nitrogen and oxygen atoms in total. The number of pyridine rings is 1. The maximum Gasteiger partial charge on any atom is 0.251 e. The Balaban J connectivity index is 1.52. The van der Waals surface area contributed by atoms with Gasteiger partial charge in [0.2, 0.25) is 0 Å². The normalized spacial score (nSPS) is 11.7. The van der Waals surface area contributed by atoms with Crippen LogP contribution in [0.4, 0.5) is 8.78 Å². The Labute approximate surface area is 198 Å². The van der Waals surface area contributed by atoms with E-state index >= 15 is 0 Å². The van der Waals surface area contributed by atoms with E-state index in [1.807, 2.05) is 31.3 Å². The van der Waals surface area contributed by atoms with Gasteiger partial charge in [0.05, 0.1) is 0 Å². The van der Waals surface area contributed by atoms with Gasteiger partial charge in [0.15, 0.2) is 0 Å². The molecule has 0 aliphatic carbocycles. The average Bonchev–Trinajstić information content (AvgIpc) is 2.85. The van der Waals surface area contributed by atoms with Crippen molar-refractivity contribution in [3.63, 3.8) is 0 Å². The fourth-order valence-electron chi connectivity index (χ4n) is 3.97. The number of amides is 1. The lowest BCUT2D eigenvalue weighted by atomic mass is 9.92. The van der Waals surface area contributed by atoms with Gasteiger partial charge in [-0.05, 0) is 96.5 Å². The summed E-state index contributed by atoms with van der Waals surface area (Å²) in [5, 5.41) is 3.07. The van der Waals surface area contributed by atoms with Gasteiger partial charge in [-0.3, -0.25) is 9.78 Å². The standard InChI is InChI=1S/C29H26F2N2O/c1-20(4-2-5-21-6-3-17-32-19-21)33-29(34)24-11-16-27(22-7-12-25(30)13-8-22)28(18-24)23-9-14-26(31)15-10-23/h3,6-20H,2,4-5H2,1H3,(H,33,34). The fourth-order valence-corrected chi connectivity index (χ4v) is 3.97. The predicted molar refractivity (Wildman–Crippen MR) is 131 cm³/mol. The highest BCUT2D eigenvalue weighted by molar-refractivity contribution is 5.98. The van der Waals surface area contributed by atoms with E-state index in [2.05, 4.69) is 16.4 Å². The summed E-state index contributed by atoms with van der Waals surface area (Å²) in [7, 11) is 0. The summed E-state index contributed by atoms with van der Waals surface area (Å²) < 4.78 is 27.0. The third-order valence-corrected chi connectivity index (χ3v) is 5.80. The van der Waals surface area contributed by atoms with Gasteiger partial charge >= 0.3 is 0 Å². The van der Waals surface area contributed by atoms with E-state index in [0.29, 0.717) is 5.56 Å². The zero-order valence-electron chi connectivity index (χ0n) is 19.0. The Bertz CT molecular complexity index is 1240. The average molecular weight is 457 g/mol. The molecule has 4 aromatic rings. The van der Waals surface area contributed by atoms with Crippen LogP contribution >= 0.6 is 0 Å². The second kappa shape index (κ2) is 10.8. The number of carbonyl (C=O) groups excluding carboxylic acids is 1. The van der Waals surface area contributed by atoms with Crippen molar-refractivity contribution in [1.82, 2.24) is 10.3 Å². The smallest absolute Gasteiger partial charge is 0.251 e. The molecule has 172 valence electrons. The molecule has 0 bridgehead atoms. The highest BCUT2D eigenvalue weighted by atomic mass is 19.1. The zero-order chi connectivity index (χ0) is 23.9. The minimum Gasteiger partial charge on any atom is -0.350 e. The van der Waals surface area contributed by atoms with Crippen LogP contribution in [0, 0.1) is 11.6 Å². The maximum absolute atomic E-state index is 13.5. The van der Waals surface area contributed by atoms with E-state index < -0.39 is 0 Å². The molecule has 5 heteroatoms. The van der Waals surface area contributed by atoms with E-state index in [1.165, 1.54) is 29.8 Å². The summed E-state index contributed by atoms with van der Waals surface area (Å²) >= 11 is 0. The lowest BCUT2D eigenvalue weighted by Gasteiger charge is -2.16. The monoisotopic (exact) mass is 456 g/mol. The second-order valence-electron chi connectivity index (χ2n) is 8.40. The molecule has 1 atom stereocenters. The van der Waals surface area contributed by atoms with Gasteiger partial charge in [0.25, 0.3) is 5.91 Å². The third-order valence-electron chi connectivity index (χ3n) is 5.80. The number of halogens is 2. The zero-order valence-corrected chi connectivity index (χ0v) is 19.0. The second-order valence-corrected chi connectivity index (χ2v) is 8.40. The minimum atomic E-state index is -0.332. The molecule has 0 aliphatic heterocycles. The molecule has 3 aromatic carbocycles. The molecule has 0 fully saturated rings. The number of hydrogen-bond acceptors (Lipinski definition) is 2. The quantitative estimate of drug-likeness (QED) is 0.316. The molecule has 34 heavy (non-hydrogen) atoms. The van der Waals surface area contributed by atoms with Crippen LogP contribution < -0.4 is 5.32 Å². The molecule has 0 radical (unpaired) electrons. The fraction of sp³-hybridized carbons (Fsp3) is 0.172. The van der Waals surface area contributed by atoms with Gasteiger partial charge in [0, 0.05) is 24.0 Å². The summed E-state index contributed by atoms with van der Waals surface area (Å²) in [5.74, 6) is -0.815. The topological polar surface area (TPSA) is 42.0 Å². The number of carbonyl (C=O) groups is 1. The molecule has 0 spiro atoms. The number of nitrogens with one attached hydrogen (secondary N) is 1. The summed E-state index contributed by atoms with van der Waals surface area (Å²) in [5.41, 5.74) is 4.91. The highest BCUT2D eigenvalue weighted by Crippen LogP contribution is 2.33. The van der Waals surface area contributed by atoms with Crippen LogP contribution in [0.5, 0.6) is 0 Å². The predicted octanol–water partition coefficient (Wildman–Crippen LogP) is 6.84. The molecule has 4 rings (SSSR count). The molecular weight excluding hydrogens is 430 g/mol. The summed E-state index contributed by atoms with van der Waals surface area (Å²) in [6.45, 7) is 1.99. The van der Waals surface area contributed by atoms with Crippen LogP contribution in [0.25, 0.3) is 22.3 Å². The molecule has 1 aromatic heterocycles. The van der Waals surface area contributed by atoms with Gasteiger partial charge in [-0.2, -0.15) is 0 Å². The van der Waals surface area contributed by atoms with Crippen LogP contribution in [0.2, 0.25) is 0 Å². The van der Waals surface area contributed by atoms with E-state index in [1.54, 1.807) is 36.5 Å². The Hall–Kier alpha value is -3.86. The first-order chi connectivity index (χ1) is 16.5. The van der Waals surface area contributed by atoms with Gasteiger partial charge in [0.1, 0.15) is 11.6 Å². The molecule has 0 saturated heterocycles. The lowest BCUT2D eigenvalue weighted by molar-refractivity contribution is 0.0938. The summed E-state index contributed by atoms with van der Waals surface area (Å²) in [6, 6.07) is 21.8. The van der Waals surface area contributed by atoms with Crippen molar-refractivity contribution in [1.29, 1.82) is 0 Å². The first kappa shape index (κ1) is 23.3. The number of benzene rings is 3. The van der Waals surface area contributed by atoms with Gasteiger partial charge in [-0.1, -0.05) is 36.4 Å². The van der Waals surface area contributed by atoms with E-state index in [-0.39, 0.29) is 23.6 Å². The molecule has 1 amide bonds. The van der Waals surface area contributed by atoms with Crippen molar-refractivity contribution >= 4 is 5.91 Å². The van der Waals surface area contributed by atoms with Crippen LogP contribution in [0.3, 0.4) is 0 Å². The molecule has 0 aliphatic rings. The van der Waals surface area contributed by atoms with E-state index in [4.69, 9.17) is 0 Å². The van der Waals surface area contributed by atoms with Gasteiger partial charge in [-0.25, -0.2) is 8.78 Å². The van der Waals surface area contributed by atoms with Crippen molar-refractivity contribution in [2.24, 2.45) is 0 Å². The van der Waals surface area contributed by atoms with Crippen molar-refractivity contribution in [3.8, 4) is 22.3 Å². The molecule has 1 N–H and O–H groups in total. The molecule has 1 unspecified atom stereocenters. The van der Waals surface area contributed by atoms with E-state index in [0.717, 1.165) is 41.5 Å². The van der Waals surface area contributed by atoms with Crippen LogP contribution in [-0.4, -0.2) is 16.9 Å². The Kier molecular flexibility index (Phi) is 7.43. The van der Waals surface area contributed by atoms with Crippen molar-refractivity contribution in [2.45, 2.75) is 32.2 Å². The number of hydrogen-bond donors (Lipinski definition) is 1. The Morgan fingerprint density at radius 2 is 1.53 bits per heavy atom. The van der Waals surface area contributed by atoms with Crippen LogP contribution in [0.1, 0.15) is 35.7 Å². The lowest BCUT2D eigenvalue weighted by Crippen LogP contribution is -2.32. The van der Waals surface area contributed by atoms with Crippen LogP contribution in [-0.2, 0) is 6.42 Å². The van der Waals surface area contributed by atoms with Crippen molar-refractivity contribution < 1.29 is 13.6 Å². The first-order valence-corrected chi connectivity index (χ1v) is 11.4. The van der Waals surface area contributed by atoms with Gasteiger partial charge < -0.3 is 5.32 Å². The number of aryl methyl sites for hydroxylation is 1. The molecule has 1 heterocycles. The number of aromatic nitrogens is 1. The maximum atomic E-state index is 13.5. The Morgan fingerprint density at radius 3 is 2.15 bits per heavy atom. The Morgan fingerprint density at radius 1 is 0.882 bits per heavy atom. The summed E-state index contributed by atoms with van der Waals surface area (Å²) in [4.78, 5) is 17.1.